The second-order valence-electron chi connectivity index (χ2n) is 8.75. The molecule has 4 rings (SSSR count). The number of ether oxygens (including phenoxy) is 1. The molecule has 3 N–H and O–H groups in total. The predicted molar refractivity (Wildman–Crippen MR) is 125 cm³/mol. The van der Waals surface area contributed by atoms with Crippen molar-refractivity contribution in [3.63, 3.8) is 0 Å². The lowest BCUT2D eigenvalue weighted by Crippen LogP contribution is -2.42. The lowest BCUT2D eigenvalue weighted by molar-refractivity contribution is -0.137. The molecule has 180 valence electrons. The van der Waals surface area contributed by atoms with Gasteiger partial charge in [-0.3, -0.25) is 4.79 Å². The maximum absolute atomic E-state index is 13.3. The van der Waals surface area contributed by atoms with Crippen LogP contribution in [0.3, 0.4) is 0 Å². The van der Waals surface area contributed by atoms with Crippen molar-refractivity contribution >= 4 is 22.4 Å². The van der Waals surface area contributed by atoms with Gasteiger partial charge in [-0.15, -0.1) is 6.58 Å². The molecule has 0 bridgehead atoms. The molecule has 7 nitrogen and oxygen atoms in total. The van der Waals surface area contributed by atoms with Crippen molar-refractivity contribution in [2.75, 3.05) is 24.3 Å². The molecule has 1 aliphatic heterocycles. The number of nitrogens with two attached hydrogens (primary N) is 1. The first kappa shape index (κ1) is 23.7. The van der Waals surface area contributed by atoms with E-state index in [1.807, 2.05) is 6.92 Å². The molecule has 1 fully saturated rings. The number of nitrogens with zero attached hydrogens (tertiary/aromatic N) is 3. The van der Waals surface area contributed by atoms with Crippen LogP contribution in [0.5, 0.6) is 0 Å². The SMILES string of the molecule is C=CC(Nc1nc(C)nc2cc(=O)n(C3(C)CCOCC3)cc12)c1cc(N)cc(C(F)(F)F)c1. The molecule has 1 unspecified atom stereocenters. The fraction of sp³-hybridized carbons (Fsp3) is 0.375. The second-order valence-corrected chi connectivity index (χ2v) is 8.75. The number of benzene rings is 1. The minimum atomic E-state index is -4.54. The van der Waals surface area contributed by atoms with Crippen LogP contribution in [-0.4, -0.2) is 27.7 Å². The number of nitrogens with one attached hydrogen (secondary N) is 1. The Bertz CT molecular complexity index is 1300. The van der Waals surface area contributed by atoms with E-state index in [2.05, 4.69) is 21.9 Å². The van der Waals surface area contributed by atoms with E-state index in [9.17, 15) is 18.0 Å². The van der Waals surface area contributed by atoms with Crippen LogP contribution in [0.25, 0.3) is 10.9 Å². The maximum atomic E-state index is 13.3. The van der Waals surface area contributed by atoms with Gasteiger partial charge in [-0.05, 0) is 50.5 Å². The highest BCUT2D eigenvalue weighted by molar-refractivity contribution is 5.88. The first-order valence-corrected chi connectivity index (χ1v) is 10.9. The van der Waals surface area contributed by atoms with Gasteiger partial charge in [0.05, 0.1) is 22.5 Å². The molecule has 0 spiro atoms. The van der Waals surface area contributed by atoms with Crippen molar-refractivity contribution in [2.45, 2.75) is 44.4 Å². The standard InChI is InChI=1S/C24H26F3N5O2/c1-4-19(15-9-16(24(25,26)27)11-17(28)10-15)31-22-18-13-32(23(3)5-7-34-8-6-23)21(33)12-20(18)29-14(2)30-22/h4,9-13,19H,1,5-8,28H2,2-3H3,(H,29,30,31). The fourth-order valence-electron chi connectivity index (χ4n) is 4.25. The van der Waals surface area contributed by atoms with Crippen LogP contribution in [-0.2, 0) is 16.5 Å². The quantitative estimate of drug-likeness (QED) is 0.417. The Morgan fingerprint density at radius 2 is 1.94 bits per heavy atom. The third-order valence-corrected chi connectivity index (χ3v) is 6.19. The van der Waals surface area contributed by atoms with Gasteiger partial charge in [0.15, 0.2) is 0 Å². The molecule has 0 radical (unpaired) electrons. The molecule has 10 heteroatoms. The highest BCUT2D eigenvalue weighted by Gasteiger charge is 2.32. The Morgan fingerprint density at radius 1 is 1.24 bits per heavy atom. The lowest BCUT2D eigenvalue weighted by atomic mass is 9.92. The number of nitrogen functional groups attached to an aromatic ring is 1. The Morgan fingerprint density at radius 3 is 2.59 bits per heavy atom. The molecule has 3 heterocycles. The van der Waals surface area contributed by atoms with Gasteiger partial charge in [0.1, 0.15) is 11.6 Å². The maximum Gasteiger partial charge on any atom is 0.416 e. The van der Waals surface area contributed by atoms with E-state index >= 15 is 0 Å². The zero-order chi connectivity index (χ0) is 24.7. The number of aromatic nitrogens is 3. The van der Waals surface area contributed by atoms with Gasteiger partial charge in [0, 0.05) is 36.7 Å². The topological polar surface area (TPSA) is 95.1 Å². The van der Waals surface area contributed by atoms with Crippen molar-refractivity contribution < 1.29 is 17.9 Å². The Kier molecular flexibility index (Phi) is 6.11. The van der Waals surface area contributed by atoms with Crippen molar-refractivity contribution in [2.24, 2.45) is 0 Å². The van der Waals surface area contributed by atoms with E-state index < -0.39 is 23.3 Å². The number of hydrogen-bond donors (Lipinski definition) is 2. The van der Waals surface area contributed by atoms with Crippen molar-refractivity contribution in [1.82, 2.24) is 14.5 Å². The largest absolute Gasteiger partial charge is 0.416 e. The second kappa shape index (κ2) is 8.75. The number of rotatable bonds is 5. The summed E-state index contributed by atoms with van der Waals surface area (Å²) in [5.41, 5.74) is 5.01. The fourth-order valence-corrected chi connectivity index (χ4v) is 4.25. The van der Waals surface area contributed by atoms with Crippen molar-refractivity contribution in [3.05, 3.63) is 70.4 Å². The van der Waals surface area contributed by atoms with Gasteiger partial charge < -0.3 is 20.4 Å². The van der Waals surface area contributed by atoms with Crippen LogP contribution in [0, 0.1) is 6.92 Å². The number of hydrogen-bond acceptors (Lipinski definition) is 6. The Labute approximate surface area is 194 Å². The van der Waals surface area contributed by atoms with Gasteiger partial charge in [-0.25, -0.2) is 9.97 Å². The van der Waals surface area contributed by atoms with Crippen LogP contribution >= 0.6 is 0 Å². The van der Waals surface area contributed by atoms with E-state index in [1.165, 1.54) is 18.2 Å². The molecular formula is C24H26F3N5O2. The first-order valence-electron chi connectivity index (χ1n) is 10.9. The number of halogens is 3. The first-order chi connectivity index (χ1) is 16.0. The molecule has 0 amide bonds. The normalized spacial score (nSPS) is 16.9. The summed E-state index contributed by atoms with van der Waals surface area (Å²) in [6, 6.07) is 4.12. The lowest BCUT2D eigenvalue weighted by Gasteiger charge is -2.35. The third kappa shape index (κ3) is 4.63. The van der Waals surface area contributed by atoms with Crippen LogP contribution in [0.4, 0.5) is 24.7 Å². The average Bonchev–Trinajstić information content (AvgIpc) is 2.76. The Balaban J connectivity index is 1.81. The summed E-state index contributed by atoms with van der Waals surface area (Å²) < 4.78 is 47.1. The summed E-state index contributed by atoms with van der Waals surface area (Å²) in [6.07, 6.45) is 0.00205. The van der Waals surface area contributed by atoms with Gasteiger partial charge in [-0.2, -0.15) is 13.2 Å². The molecule has 1 aliphatic rings. The van der Waals surface area contributed by atoms with E-state index in [0.29, 0.717) is 48.6 Å². The molecule has 3 aromatic rings. The average molecular weight is 473 g/mol. The summed E-state index contributed by atoms with van der Waals surface area (Å²) in [5, 5.41) is 3.74. The number of fused-ring (bicyclic) bond motifs is 1. The van der Waals surface area contributed by atoms with Gasteiger partial charge in [0.25, 0.3) is 5.56 Å². The summed E-state index contributed by atoms with van der Waals surface area (Å²) >= 11 is 0. The highest BCUT2D eigenvalue weighted by Crippen LogP contribution is 2.35. The number of alkyl halides is 3. The molecule has 1 atom stereocenters. The summed E-state index contributed by atoms with van der Waals surface area (Å²) in [4.78, 5) is 21.8. The van der Waals surface area contributed by atoms with E-state index in [1.54, 1.807) is 17.7 Å². The molecular weight excluding hydrogens is 447 g/mol. The van der Waals surface area contributed by atoms with Crippen LogP contribution in [0.1, 0.15) is 42.8 Å². The molecule has 0 aliphatic carbocycles. The smallest absolute Gasteiger partial charge is 0.399 e. The molecule has 0 saturated carbocycles. The summed E-state index contributed by atoms with van der Waals surface area (Å²) in [7, 11) is 0. The monoisotopic (exact) mass is 473 g/mol. The zero-order valence-corrected chi connectivity index (χ0v) is 18.9. The minimum Gasteiger partial charge on any atom is -0.399 e. The molecule has 1 aromatic carbocycles. The van der Waals surface area contributed by atoms with Gasteiger partial charge >= 0.3 is 6.18 Å². The van der Waals surface area contributed by atoms with Crippen molar-refractivity contribution in [1.29, 1.82) is 0 Å². The minimum absolute atomic E-state index is 0.0107. The molecule has 2 aromatic heterocycles. The highest BCUT2D eigenvalue weighted by atomic mass is 19.4. The van der Waals surface area contributed by atoms with Crippen LogP contribution in [0.15, 0.2) is 47.9 Å². The molecule has 34 heavy (non-hydrogen) atoms. The summed E-state index contributed by atoms with van der Waals surface area (Å²) in [6.45, 7) is 8.56. The number of aryl methyl sites for hydroxylation is 1. The van der Waals surface area contributed by atoms with E-state index in [0.717, 1.165) is 12.1 Å². The number of anilines is 2. The van der Waals surface area contributed by atoms with Gasteiger partial charge in [0.2, 0.25) is 0 Å². The van der Waals surface area contributed by atoms with Crippen LogP contribution < -0.4 is 16.6 Å². The van der Waals surface area contributed by atoms with E-state index in [-0.39, 0.29) is 16.8 Å². The van der Waals surface area contributed by atoms with Crippen LogP contribution in [0.2, 0.25) is 0 Å². The number of pyridine rings is 1. The zero-order valence-electron chi connectivity index (χ0n) is 18.9. The Hall–Kier alpha value is -3.40. The molecule has 1 saturated heterocycles. The predicted octanol–water partition coefficient (Wildman–Crippen LogP) is 4.57. The summed E-state index contributed by atoms with van der Waals surface area (Å²) in [5.74, 6) is 0.795. The van der Waals surface area contributed by atoms with E-state index in [4.69, 9.17) is 10.5 Å². The third-order valence-electron chi connectivity index (χ3n) is 6.19. The van der Waals surface area contributed by atoms with Gasteiger partial charge in [-0.1, -0.05) is 6.08 Å². The van der Waals surface area contributed by atoms with Crippen molar-refractivity contribution in [3.8, 4) is 0 Å².